The van der Waals surface area contributed by atoms with Crippen molar-refractivity contribution in [2.24, 2.45) is 0 Å². The number of piperazine rings is 1. The third kappa shape index (κ3) is 4.00. The number of hydrogen-bond acceptors (Lipinski definition) is 6. The van der Waals surface area contributed by atoms with Gasteiger partial charge in [-0.05, 0) is 49.9 Å². The highest BCUT2D eigenvalue weighted by molar-refractivity contribution is 6.66. The molecule has 0 spiro atoms. The lowest BCUT2D eigenvalue weighted by Crippen LogP contribution is -2.61. The minimum Gasteiger partial charge on any atom is -0.372 e. The minimum atomic E-state index is -1.70. The molecule has 2 unspecified atom stereocenters. The van der Waals surface area contributed by atoms with E-state index in [9.17, 15) is 0 Å². The number of aromatic nitrogens is 3. The Morgan fingerprint density at radius 1 is 0.966 bits per heavy atom. The monoisotopic (exact) mass is 452 g/mol. The first-order chi connectivity index (χ1) is 14.0. The molecule has 1 N–H and O–H groups in total. The summed E-state index contributed by atoms with van der Waals surface area (Å²) < 4.78 is -1.70. The van der Waals surface area contributed by atoms with Gasteiger partial charge in [-0.2, -0.15) is 9.97 Å². The van der Waals surface area contributed by atoms with Gasteiger partial charge < -0.3 is 15.1 Å². The predicted molar refractivity (Wildman–Crippen MR) is 118 cm³/mol. The summed E-state index contributed by atoms with van der Waals surface area (Å²) >= 11 is 18.5. The summed E-state index contributed by atoms with van der Waals surface area (Å²) in [4.78, 5) is 18.4. The molecule has 6 rings (SSSR count). The van der Waals surface area contributed by atoms with Crippen LogP contribution in [-0.4, -0.2) is 53.2 Å². The molecule has 154 valence electrons. The number of piperidine rings is 2. The van der Waals surface area contributed by atoms with Crippen molar-refractivity contribution in [2.45, 2.75) is 41.6 Å². The van der Waals surface area contributed by atoms with Crippen molar-refractivity contribution in [3.63, 3.8) is 0 Å². The maximum Gasteiger partial charge on any atom is 0.250 e. The molecule has 0 aliphatic carbocycles. The number of hydrogen-bond donors (Lipinski definition) is 1. The summed E-state index contributed by atoms with van der Waals surface area (Å²) in [5, 5.41) is 3.55. The molecule has 9 heteroatoms. The Morgan fingerprint density at radius 3 is 2.31 bits per heavy atom. The molecule has 29 heavy (non-hydrogen) atoms. The van der Waals surface area contributed by atoms with Gasteiger partial charge in [0.15, 0.2) is 11.6 Å². The second-order valence-corrected chi connectivity index (χ2v) is 10.3. The number of halogens is 3. The van der Waals surface area contributed by atoms with E-state index in [0.717, 1.165) is 38.2 Å². The van der Waals surface area contributed by atoms with Crippen LogP contribution in [0.2, 0.25) is 0 Å². The Hall–Kier alpha value is -1.34. The average molecular weight is 454 g/mol. The molecule has 2 bridgehead atoms. The molecule has 0 saturated carbocycles. The van der Waals surface area contributed by atoms with E-state index in [1.54, 1.807) is 0 Å². The zero-order valence-corrected chi connectivity index (χ0v) is 18.3. The fourth-order valence-corrected chi connectivity index (χ4v) is 4.75. The summed E-state index contributed by atoms with van der Waals surface area (Å²) in [5.74, 6) is 1.30. The first-order valence-electron chi connectivity index (χ1n) is 10.2. The van der Waals surface area contributed by atoms with E-state index in [1.165, 1.54) is 24.9 Å². The Morgan fingerprint density at radius 2 is 1.72 bits per heavy atom. The molecule has 4 fully saturated rings. The standard InChI is InChI=1S/C20H23Cl3N6/c21-20(22,23)18-25-17(13-3-6-15(7-4-13)28-9-1-2-10-28)26-19(27-18)29-12-14-5-8-16(29)11-24-14/h3-4,6-7,14,16,24H,1-2,5,8-12H2. The van der Waals surface area contributed by atoms with E-state index < -0.39 is 3.79 Å². The Labute approximate surface area is 185 Å². The molecule has 1 aromatic carbocycles. The van der Waals surface area contributed by atoms with Crippen molar-refractivity contribution in [3.8, 4) is 11.4 Å². The minimum absolute atomic E-state index is 0.167. The maximum atomic E-state index is 6.16. The van der Waals surface area contributed by atoms with Crippen molar-refractivity contribution in [1.29, 1.82) is 0 Å². The van der Waals surface area contributed by atoms with Crippen molar-refractivity contribution >= 4 is 46.4 Å². The molecular formula is C20H23Cl3N6. The van der Waals surface area contributed by atoms with Crippen LogP contribution < -0.4 is 15.1 Å². The van der Waals surface area contributed by atoms with E-state index in [0.29, 0.717) is 23.9 Å². The van der Waals surface area contributed by atoms with Crippen molar-refractivity contribution in [1.82, 2.24) is 20.3 Å². The number of benzene rings is 1. The average Bonchev–Trinajstić information content (AvgIpc) is 3.29. The Bertz CT molecular complexity index is 871. The van der Waals surface area contributed by atoms with Crippen LogP contribution >= 0.6 is 34.8 Å². The maximum absolute atomic E-state index is 6.16. The lowest BCUT2D eigenvalue weighted by atomic mass is 9.93. The zero-order valence-electron chi connectivity index (χ0n) is 16.0. The summed E-state index contributed by atoms with van der Waals surface area (Å²) in [6.45, 7) is 4.01. The molecule has 5 heterocycles. The van der Waals surface area contributed by atoms with Crippen LogP contribution in [0, 0.1) is 0 Å². The highest BCUT2D eigenvalue weighted by Crippen LogP contribution is 2.38. The van der Waals surface area contributed by atoms with Crippen LogP contribution in [-0.2, 0) is 3.79 Å². The van der Waals surface area contributed by atoms with E-state index in [1.807, 2.05) is 12.1 Å². The Balaban J connectivity index is 1.50. The quantitative estimate of drug-likeness (QED) is 0.711. The second-order valence-electron chi connectivity index (χ2n) is 8.01. The van der Waals surface area contributed by atoms with Gasteiger partial charge in [0.2, 0.25) is 9.74 Å². The van der Waals surface area contributed by atoms with E-state index >= 15 is 0 Å². The lowest BCUT2D eigenvalue weighted by Gasteiger charge is -2.46. The fourth-order valence-electron chi connectivity index (χ4n) is 4.50. The summed E-state index contributed by atoms with van der Waals surface area (Å²) in [7, 11) is 0. The van der Waals surface area contributed by atoms with Gasteiger partial charge in [-0.1, -0.05) is 34.8 Å². The van der Waals surface area contributed by atoms with Crippen molar-refractivity contribution < 1.29 is 0 Å². The zero-order chi connectivity index (χ0) is 20.0. The smallest absolute Gasteiger partial charge is 0.250 e. The summed E-state index contributed by atoms with van der Waals surface area (Å²) in [6.07, 6.45) is 4.79. The largest absolute Gasteiger partial charge is 0.372 e. The molecule has 0 radical (unpaired) electrons. The molecule has 4 saturated heterocycles. The van der Waals surface area contributed by atoms with Crippen LogP contribution in [0.1, 0.15) is 31.5 Å². The SMILES string of the molecule is ClC(Cl)(Cl)c1nc(-c2ccc(N3CCCC3)cc2)nc(N2CC3CCC2CN3)n1. The van der Waals surface area contributed by atoms with Gasteiger partial charge in [0, 0.05) is 49.5 Å². The lowest BCUT2D eigenvalue weighted by molar-refractivity contribution is 0.287. The van der Waals surface area contributed by atoms with Crippen LogP contribution in [0.4, 0.5) is 11.6 Å². The molecule has 1 aromatic heterocycles. The third-order valence-electron chi connectivity index (χ3n) is 6.08. The van der Waals surface area contributed by atoms with Crippen molar-refractivity contribution in [2.75, 3.05) is 36.0 Å². The number of anilines is 2. The Kier molecular flexibility index (Phi) is 5.23. The van der Waals surface area contributed by atoms with Gasteiger partial charge >= 0.3 is 0 Å². The second kappa shape index (κ2) is 7.73. The molecule has 4 aliphatic rings. The summed E-state index contributed by atoms with van der Waals surface area (Å²) in [6, 6.07) is 9.13. The van der Waals surface area contributed by atoms with E-state index in [-0.39, 0.29) is 5.82 Å². The van der Waals surface area contributed by atoms with Crippen LogP contribution in [0.3, 0.4) is 0 Å². The van der Waals surface area contributed by atoms with Crippen LogP contribution in [0.5, 0.6) is 0 Å². The van der Waals surface area contributed by atoms with Gasteiger partial charge in [-0.25, -0.2) is 4.98 Å². The normalized spacial score (nSPS) is 24.4. The van der Waals surface area contributed by atoms with Gasteiger partial charge in [-0.3, -0.25) is 0 Å². The first kappa shape index (κ1) is 19.6. The third-order valence-corrected chi connectivity index (χ3v) is 6.59. The topological polar surface area (TPSA) is 57.2 Å². The van der Waals surface area contributed by atoms with Crippen LogP contribution in [0.15, 0.2) is 24.3 Å². The molecular weight excluding hydrogens is 431 g/mol. The van der Waals surface area contributed by atoms with Crippen molar-refractivity contribution in [3.05, 3.63) is 30.1 Å². The molecule has 0 amide bonds. The van der Waals surface area contributed by atoms with Gasteiger partial charge in [0.25, 0.3) is 0 Å². The molecule has 4 aliphatic heterocycles. The highest BCUT2D eigenvalue weighted by Gasteiger charge is 2.36. The van der Waals surface area contributed by atoms with Gasteiger partial charge in [0.1, 0.15) is 0 Å². The highest BCUT2D eigenvalue weighted by atomic mass is 35.6. The molecule has 2 aromatic rings. The number of alkyl halides is 3. The number of rotatable bonds is 3. The van der Waals surface area contributed by atoms with Crippen LogP contribution in [0.25, 0.3) is 11.4 Å². The number of nitrogens with one attached hydrogen (secondary N) is 1. The number of nitrogens with zero attached hydrogens (tertiary/aromatic N) is 5. The fraction of sp³-hybridized carbons (Fsp3) is 0.550. The van der Waals surface area contributed by atoms with Gasteiger partial charge in [-0.15, -0.1) is 0 Å². The van der Waals surface area contributed by atoms with E-state index in [4.69, 9.17) is 39.8 Å². The van der Waals surface area contributed by atoms with E-state index in [2.05, 4.69) is 37.2 Å². The molecule has 6 nitrogen and oxygen atoms in total. The summed E-state index contributed by atoms with van der Waals surface area (Å²) in [5.41, 5.74) is 2.12. The number of fused-ring (bicyclic) bond motifs is 3. The first-order valence-corrected chi connectivity index (χ1v) is 11.3. The predicted octanol–water partition coefficient (Wildman–Crippen LogP) is 3.91. The van der Waals surface area contributed by atoms with Gasteiger partial charge in [0.05, 0.1) is 0 Å². The molecule has 2 atom stereocenters.